The van der Waals surface area contributed by atoms with Gasteiger partial charge in [-0.15, -0.1) is 11.6 Å². The minimum atomic E-state index is -0.519. The molecule has 2 rings (SSSR count). The molecule has 7 heteroatoms. The first-order valence-corrected chi connectivity index (χ1v) is 9.62. The average molecular weight is 405 g/mol. The summed E-state index contributed by atoms with van der Waals surface area (Å²) in [6.07, 6.45) is 0. The summed E-state index contributed by atoms with van der Waals surface area (Å²) in [5.41, 5.74) is 8.82. The van der Waals surface area contributed by atoms with Crippen molar-refractivity contribution in [1.29, 1.82) is 0 Å². The van der Waals surface area contributed by atoms with E-state index in [0.29, 0.717) is 22.7 Å². The molecule has 2 amide bonds. The maximum Gasteiger partial charge on any atom is 0.255 e. The molecule has 0 unspecified atom stereocenters. The van der Waals surface area contributed by atoms with Gasteiger partial charge in [0.15, 0.2) is 0 Å². The number of primary amides is 1. The molecule has 0 aliphatic heterocycles. The number of anilines is 2. The third kappa shape index (κ3) is 7.21. The summed E-state index contributed by atoms with van der Waals surface area (Å²) in [5, 5.41) is 5.64. The average Bonchev–Trinajstić information content (AvgIpc) is 2.66. The highest BCUT2D eigenvalue weighted by Gasteiger charge is 2.10. The van der Waals surface area contributed by atoms with Crippen molar-refractivity contribution in [2.24, 2.45) is 5.73 Å². The summed E-state index contributed by atoms with van der Waals surface area (Å²) in [6.45, 7) is 5.62. The Kier molecular flexibility index (Phi) is 10.1. The largest absolute Gasteiger partial charge is 0.371 e. The molecule has 0 fully saturated rings. The summed E-state index contributed by atoms with van der Waals surface area (Å²) in [4.78, 5) is 25.7. The van der Waals surface area contributed by atoms with E-state index in [-0.39, 0.29) is 5.91 Å². The first kappa shape index (κ1) is 23.5. The third-order valence-corrected chi connectivity index (χ3v) is 4.02. The van der Waals surface area contributed by atoms with Crippen LogP contribution in [0.2, 0.25) is 0 Å². The summed E-state index contributed by atoms with van der Waals surface area (Å²) in [6, 6.07) is 12.1. The lowest BCUT2D eigenvalue weighted by Gasteiger charge is -2.23. The lowest BCUT2D eigenvalue weighted by atomic mass is 10.1. The minimum absolute atomic E-state index is 0.243. The molecule has 4 N–H and O–H groups in total. The van der Waals surface area contributed by atoms with Crippen molar-refractivity contribution in [3.8, 4) is 0 Å². The maximum atomic E-state index is 12.4. The number of alkyl halides is 1. The number of benzene rings is 2. The molecule has 0 spiro atoms. The molecule has 0 heterocycles. The standard InChI is InChI=1S/C19H22ClN3O2.C2H7N/c1-3-23(9-8-20)17-11-13(2)10-16(12-17)22-19(25)15-6-4-14(5-7-15)18(21)24;1-3-2/h4-7,10-12H,3,8-9H2,1-2H3,(H2,21,24)(H,22,25);3H,1-2H3. The molecule has 0 bridgehead atoms. The van der Waals surface area contributed by atoms with E-state index in [4.69, 9.17) is 17.3 Å². The zero-order valence-electron chi connectivity index (χ0n) is 16.9. The zero-order chi connectivity index (χ0) is 21.1. The number of hydrogen-bond acceptors (Lipinski definition) is 4. The van der Waals surface area contributed by atoms with Crippen LogP contribution in [0, 0.1) is 6.92 Å². The van der Waals surface area contributed by atoms with E-state index in [0.717, 1.165) is 24.3 Å². The smallest absolute Gasteiger partial charge is 0.255 e. The highest BCUT2D eigenvalue weighted by molar-refractivity contribution is 6.18. The van der Waals surface area contributed by atoms with Gasteiger partial charge in [0.2, 0.25) is 5.91 Å². The number of nitrogens with two attached hydrogens (primary N) is 1. The summed E-state index contributed by atoms with van der Waals surface area (Å²) >= 11 is 5.86. The van der Waals surface area contributed by atoms with Crippen LogP contribution < -0.4 is 21.3 Å². The van der Waals surface area contributed by atoms with Crippen LogP contribution in [-0.2, 0) is 0 Å². The number of amides is 2. The van der Waals surface area contributed by atoms with Crippen LogP contribution in [0.25, 0.3) is 0 Å². The van der Waals surface area contributed by atoms with Gasteiger partial charge in [0, 0.05) is 41.5 Å². The van der Waals surface area contributed by atoms with Gasteiger partial charge in [-0.25, -0.2) is 0 Å². The van der Waals surface area contributed by atoms with E-state index in [1.807, 2.05) is 33.2 Å². The molecule has 6 nitrogen and oxygen atoms in total. The number of rotatable bonds is 7. The summed E-state index contributed by atoms with van der Waals surface area (Å²) in [7, 11) is 3.75. The van der Waals surface area contributed by atoms with E-state index in [9.17, 15) is 9.59 Å². The number of carbonyl (C=O) groups excluding carboxylic acids is 2. The van der Waals surface area contributed by atoms with Gasteiger partial charge in [-0.1, -0.05) is 0 Å². The number of hydrogen-bond donors (Lipinski definition) is 3. The molecule has 152 valence electrons. The Balaban J connectivity index is 0.00000122. The van der Waals surface area contributed by atoms with Crippen LogP contribution in [0.3, 0.4) is 0 Å². The maximum absolute atomic E-state index is 12.4. The quantitative estimate of drug-likeness (QED) is 0.618. The van der Waals surface area contributed by atoms with E-state index in [1.54, 1.807) is 12.1 Å². The lowest BCUT2D eigenvalue weighted by Crippen LogP contribution is -2.25. The van der Waals surface area contributed by atoms with E-state index >= 15 is 0 Å². The predicted octanol–water partition coefficient (Wildman–Crippen LogP) is 3.25. The van der Waals surface area contributed by atoms with Crippen molar-refractivity contribution in [3.05, 3.63) is 59.2 Å². The number of halogens is 1. The van der Waals surface area contributed by atoms with Gasteiger partial charge in [0.05, 0.1) is 0 Å². The molecule has 0 aliphatic carbocycles. The van der Waals surface area contributed by atoms with Crippen LogP contribution in [0.4, 0.5) is 11.4 Å². The van der Waals surface area contributed by atoms with Gasteiger partial charge >= 0.3 is 0 Å². The topological polar surface area (TPSA) is 87.5 Å². The van der Waals surface area contributed by atoms with Crippen molar-refractivity contribution in [2.45, 2.75) is 13.8 Å². The molecule has 0 saturated heterocycles. The first-order chi connectivity index (χ1) is 13.4. The Bertz CT molecular complexity index is 778. The van der Waals surface area contributed by atoms with Crippen molar-refractivity contribution < 1.29 is 9.59 Å². The van der Waals surface area contributed by atoms with Gasteiger partial charge < -0.3 is 21.3 Å². The van der Waals surface area contributed by atoms with E-state index in [2.05, 4.69) is 28.5 Å². The number of nitrogens with zero attached hydrogens (tertiary/aromatic N) is 1. The normalized spacial score (nSPS) is 9.89. The Morgan fingerprint density at radius 2 is 1.64 bits per heavy atom. The second-order valence-electron chi connectivity index (χ2n) is 6.22. The fourth-order valence-electron chi connectivity index (χ4n) is 2.58. The fourth-order valence-corrected chi connectivity index (χ4v) is 2.78. The highest BCUT2D eigenvalue weighted by Crippen LogP contribution is 2.23. The summed E-state index contributed by atoms with van der Waals surface area (Å²) < 4.78 is 0. The van der Waals surface area contributed by atoms with Crippen molar-refractivity contribution >= 4 is 34.8 Å². The highest BCUT2D eigenvalue weighted by atomic mass is 35.5. The monoisotopic (exact) mass is 404 g/mol. The molecular formula is C21H29ClN4O2. The molecule has 0 radical (unpaired) electrons. The van der Waals surface area contributed by atoms with Crippen molar-refractivity contribution in [2.75, 3.05) is 43.3 Å². The van der Waals surface area contributed by atoms with Crippen LogP contribution >= 0.6 is 11.6 Å². The van der Waals surface area contributed by atoms with Crippen molar-refractivity contribution in [3.63, 3.8) is 0 Å². The molecule has 2 aromatic carbocycles. The second kappa shape index (κ2) is 12.0. The molecule has 0 atom stereocenters. The molecule has 0 aliphatic rings. The molecule has 28 heavy (non-hydrogen) atoms. The van der Waals surface area contributed by atoms with Crippen LogP contribution in [0.1, 0.15) is 33.2 Å². The van der Waals surface area contributed by atoms with E-state index in [1.165, 1.54) is 12.1 Å². The van der Waals surface area contributed by atoms with Gasteiger partial charge in [-0.05, 0) is 76.0 Å². The Hall–Kier alpha value is -2.57. The molecule has 0 aromatic heterocycles. The SMILES string of the molecule is CCN(CCCl)c1cc(C)cc(NC(=O)c2ccc(C(N)=O)cc2)c1.CNC. The Morgan fingerprint density at radius 3 is 2.14 bits per heavy atom. The van der Waals surface area contributed by atoms with Crippen LogP contribution in [-0.4, -0.2) is 44.9 Å². The third-order valence-electron chi connectivity index (χ3n) is 3.85. The first-order valence-electron chi connectivity index (χ1n) is 9.08. The number of carbonyl (C=O) groups is 2. The van der Waals surface area contributed by atoms with Crippen LogP contribution in [0.5, 0.6) is 0 Å². The van der Waals surface area contributed by atoms with Crippen molar-refractivity contribution in [1.82, 2.24) is 5.32 Å². The number of aryl methyl sites for hydroxylation is 1. The Morgan fingerprint density at radius 1 is 1.07 bits per heavy atom. The lowest BCUT2D eigenvalue weighted by molar-refractivity contribution is 0.0995. The molecular weight excluding hydrogens is 376 g/mol. The predicted molar refractivity (Wildman–Crippen MR) is 118 cm³/mol. The summed E-state index contributed by atoms with van der Waals surface area (Å²) in [5.74, 6) is -0.224. The van der Waals surface area contributed by atoms with Gasteiger partial charge in [0.25, 0.3) is 5.91 Å². The zero-order valence-corrected chi connectivity index (χ0v) is 17.6. The number of nitrogens with one attached hydrogen (secondary N) is 2. The Labute approximate surface area is 172 Å². The molecule has 2 aromatic rings. The van der Waals surface area contributed by atoms with E-state index < -0.39 is 5.91 Å². The van der Waals surface area contributed by atoms with Gasteiger partial charge in [0.1, 0.15) is 0 Å². The fraction of sp³-hybridized carbons (Fsp3) is 0.333. The minimum Gasteiger partial charge on any atom is -0.371 e. The van der Waals surface area contributed by atoms with Crippen LogP contribution in [0.15, 0.2) is 42.5 Å². The second-order valence-corrected chi connectivity index (χ2v) is 6.60. The van der Waals surface area contributed by atoms with Gasteiger partial charge in [-0.2, -0.15) is 0 Å². The molecule has 0 saturated carbocycles. The van der Waals surface area contributed by atoms with Gasteiger partial charge in [-0.3, -0.25) is 9.59 Å².